The van der Waals surface area contributed by atoms with Gasteiger partial charge in [0.1, 0.15) is 5.82 Å². The van der Waals surface area contributed by atoms with Crippen molar-refractivity contribution in [2.45, 2.75) is 6.92 Å². The zero-order valence-corrected chi connectivity index (χ0v) is 12.4. The lowest BCUT2D eigenvalue weighted by Crippen LogP contribution is -2.48. The smallest absolute Gasteiger partial charge is 0.256 e. The number of carbonyl (C=O) groups excluding carboxylic acids is 2. The molecule has 0 aliphatic carbocycles. The maximum absolute atomic E-state index is 13.7. The van der Waals surface area contributed by atoms with Crippen molar-refractivity contribution in [2.75, 3.05) is 32.5 Å². The van der Waals surface area contributed by atoms with Crippen LogP contribution in [0.15, 0.2) is 18.2 Å². The largest absolute Gasteiger partial charge is 0.345 e. The molecular formula is C15H20FN3O2. The Morgan fingerprint density at radius 3 is 2.57 bits per heavy atom. The zero-order valence-electron chi connectivity index (χ0n) is 12.4. The Hall–Kier alpha value is -1.95. The van der Waals surface area contributed by atoms with E-state index < -0.39 is 11.7 Å². The highest BCUT2D eigenvalue weighted by molar-refractivity contribution is 5.97. The summed E-state index contributed by atoms with van der Waals surface area (Å²) in [4.78, 5) is 25.3. The summed E-state index contributed by atoms with van der Waals surface area (Å²) in [7, 11) is 3.11. The number of anilines is 1. The van der Waals surface area contributed by atoms with Gasteiger partial charge < -0.3 is 15.5 Å². The normalized spacial score (nSPS) is 16.0. The van der Waals surface area contributed by atoms with E-state index in [0.717, 1.165) is 13.1 Å². The summed E-state index contributed by atoms with van der Waals surface area (Å²) in [6.45, 7) is 3.54. The minimum absolute atomic E-state index is 0.0456. The van der Waals surface area contributed by atoms with Crippen LogP contribution in [0.5, 0.6) is 0 Å². The molecule has 1 heterocycles. The Labute approximate surface area is 123 Å². The molecule has 1 fully saturated rings. The fraction of sp³-hybridized carbons (Fsp3) is 0.467. The molecule has 6 heteroatoms. The van der Waals surface area contributed by atoms with E-state index in [1.165, 1.54) is 23.1 Å². The van der Waals surface area contributed by atoms with Crippen LogP contribution in [0.3, 0.4) is 0 Å². The Bertz CT molecular complexity index is 556. The molecule has 0 spiro atoms. The van der Waals surface area contributed by atoms with Crippen molar-refractivity contribution in [3.05, 3.63) is 29.6 Å². The second-order valence-corrected chi connectivity index (χ2v) is 5.59. The first-order chi connectivity index (χ1) is 9.90. The maximum atomic E-state index is 13.7. The van der Waals surface area contributed by atoms with Gasteiger partial charge in [-0.15, -0.1) is 0 Å². The third-order valence-corrected chi connectivity index (χ3v) is 3.80. The van der Waals surface area contributed by atoms with Gasteiger partial charge in [0, 0.05) is 25.7 Å². The summed E-state index contributed by atoms with van der Waals surface area (Å²) in [5.74, 6) is -0.934. The van der Waals surface area contributed by atoms with Gasteiger partial charge in [-0.05, 0) is 37.2 Å². The van der Waals surface area contributed by atoms with E-state index in [1.807, 2.05) is 6.92 Å². The van der Waals surface area contributed by atoms with Crippen LogP contribution in [0.2, 0.25) is 0 Å². The van der Waals surface area contributed by atoms with Gasteiger partial charge in [0.15, 0.2) is 0 Å². The summed E-state index contributed by atoms with van der Waals surface area (Å²) in [6, 6.07) is 4.04. The number of benzene rings is 1. The van der Waals surface area contributed by atoms with Crippen molar-refractivity contribution in [3.63, 3.8) is 0 Å². The fourth-order valence-electron chi connectivity index (χ4n) is 2.14. The molecule has 1 aliphatic rings. The molecule has 1 aromatic carbocycles. The van der Waals surface area contributed by atoms with Crippen LogP contribution in [0, 0.1) is 17.7 Å². The number of amides is 2. The third-order valence-electron chi connectivity index (χ3n) is 3.80. The van der Waals surface area contributed by atoms with Gasteiger partial charge in [0.25, 0.3) is 5.91 Å². The first kappa shape index (κ1) is 15.4. The zero-order chi connectivity index (χ0) is 15.6. The third kappa shape index (κ3) is 3.39. The molecule has 0 saturated carbocycles. The second kappa shape index (κ2) is 6.22. The van der Waals surface area contributed by atoms with Crippen molar-refractivity contribution >= 4 is 17.5 Å². The van der Waals surface area contributed by atoms with Crippen molar-refractivity contribution < 1.29 is 14.0 Å². The van der Waals surface area contributed by atoms with Crippen LogP contribution < -0.4 is 10.6 Å². The average molecular weight is 293 g/mol. The van der Waals surface area contributed by atoms with E-state index in [9.17, 15) is 14.0 Å². The van der Waals surface area contributed by atoms with E-state index in [2.05, 4.69) is 10.6 Å². The molecule has 1 unspecified atom stereocenters. The summed E-state index contributed by atoms with van der Waals surface area (Å²) >= 11 is 0. The molecule has 2 amide bonds. The SMILES string of the molecule is CC(C(=O)Nc1ccc(F)c(C(=O)N(C)C)c1)C1CNC1. The van der Waals surface area contributed by atoms with Crippen molar-refractivity contribution in [2.24, 2.45) is 11.8 Å². The highest BCUT2D eigenvalue weighted by Gasteiger charge is 2.28. The minimum atomic E-state index is -0.594. The first-order valence-electron chi connectivity index (χ1n) is 6.93. The minimum Gasteiger partial charge on any atom is -0.345 e. The Morgan fingerprint density at radius 2 is 2.05 bits per heavy atom. The van der Waals surface area contributed by atoms with Gasteiger partial charge in [0.05, 0.1) is 5.56 Å². The van der Waals surface area contributed by atoms with Crippen molar-refractivity contribution in [1.82, 2.24) is 10.2 Å². The van der Waals surface area contributed by atoms with Gasteiger partial charge in [-0.3, -0.25) is 9.59 Å². The van der Waals surface area contributed by atoms with E-state index in [4.69, 9.17) is 0 Å². The summed E-state index contributed by atoms with van der Waals surface area (Å²) < 4.78 is 13.7. The predicted molar refractivity (Wildman–Crippen MR) is 78.6 cm³/mol. The van der Waals surface area contributed by atoms with Crippen LogP contribution >= 0.6 is 0 Å². The second-order valence-electron chi connectivity index (χ2n) is 5.59. The lowest BCUT2D eigenvalue weighted by Gasteiger charge is -2.31. The topological polar surface area (TPSA) is 61.4 Å². The van der Waals surface area contributed by atoms with Gasteiger partial charge in [-0.1, -0.05) is 6.92 Å². The number of nitrogens with one attached hydrogen (secondary N) is 2. The molecule has 0 radical (unpaired) electrons. The van der Waals surface area contributed by atoms with Crippen LogP contribution in [-0.2, 0) is 4.79 Å². The molecule has 1 aliphatic heterocycles. The van der Waals surface area contributed by atoms with Crippen LogP contribution in [0.1, 0.15) is 17.3 Å². The number of nitrogens with zero attached hydrogens (tertiary/aromatic N) is 1. The number of hydrogen-bond acceptors (Lipinski definition) is 3. The van der Waals surface area contributed by atoms with Gasteiger partial charge >= 0.3 is 0 Å². The van der Waals surface area contributed by atoms with E-state index in [1.54, 1.807) is 14.1 Å². The molecule has 2 N–H and O–H groups in total. The standard InChI is InChI=1S/C15H20FN3O2/c1-9(10-7-17-8-10)14(20)18-11-4-5-13(16)12(6-11)15(21)19(2)3/h4-6,9-10,17H,7-8H2,1-3H3,(H,18,20). The Kier molecular flexibility index (Phi) is 4.57. The number of carbonyl (C=O) groups is 2. The molecule has 0 bridgehead atoms. The highest BCUT2D eigenvalue weighted by atomic mass is 19.1. The molecule has 1 atom stereocenters. The van der Waals surface area contributed by atoms with Crippen LogP contribution in [0.4, 0.5) is 10.1 Å². The Morgan fingerprint density at radius 1 is 1.38 bits per heavy atom. The summed E-state index contributed by atoms with van der Waals surface area (Å²) in [5.41, 5.74) is 0.390. The molecule has 0 aromatic heterocycles. The molecule has 21 heavy (non-hydrogen) atoms. The molecule has 1 saturated heterocycles. The monoisotopic (exact) mass is 293 g/mol. The van der Waals surface area contributed by atoms with Crippen molar-refractivity contribution in [1.29, 1.82) is 0 Å². The molecule has 5 nitrogen and oxygen atoms in total. The van der Waals surface area contributed by atoms with Crippen LogP contribution in [0.25, 0.3) is 0 Å². The fourth-order valence-corrected chi connectivity index (χ4v) is 2.14. The van der Waals surface area contributed by atoms with E-state index in [-0.39, 0.29) is 17.4 Å². The average Bonchev–Trinajstić information content (AvgIpc) is 2.37. The maximum Gasteiger partial charge on any atom is 0.256 e. The predicted octanol–water partition coefficient (Wildman–Crippen LogP) is 1.32. The van der Waals surface area contributed by atoms with Crippen LogP contribution in [-0.4, -0.2) is 43.9 Å². The van der Waals surface area contributed by atoms with Gasteiger partial charge in [-0.25, -0.2) is 4.39 Å². The number of halogens is 1. The lowest BCUT2D eigenvalue weighted by molar-refractivity contribution is -0.121. The van der Waals surface area contributed by atoms with E-state index >= 15 is 0 Å². The summed E-state index contributed by atoms with van der Waals surface area (Å²) in [6.07, 6.45) is 0. The highest BCUT2D eigenvalue weighted by Crippen LogP contribution is 2.20. The number of rotatable bonds is 4. The molecular weight excluding hydrogens is 273 g/mol. The Balaban J connectivity index is 2.11. The summed E-state index contributed by atoms with van der Waals surface area (Å²) in [5, 5.41) is 5.87. The molecule has 114 valence electrons. The van der Waals surface area contributed by atoms with Crippen molar-refractivity contribution in [3.8, 4) is 0 Å². The first-order valence-corrected chi connectivity index (χ1v) is 6.93. The van der Waals surface area contributed by atoms with Gasteiger partial charge in [0.2, 0.25) is 5.91 Å². The molecule has 1 aromatic rings. The molecule has 2 rings (SSSR count). The number of hydrogen-bond donors (Lipinski definition) is 2. The quantitative estimate of drug-likeness (QED) is 0.880. The van der Waals surface area contributed by atoms with Gasteiger partial charge in [-0.2, -0.15) is 0 Å². The van der Waals surface area contributed by atoms with E-state index in [0.29, 0.717) is 11.6 Å². The lowest BCUT2D eigenvalue weighted by atomic mass is 9.88.